The van der Waals surface area contributed by atoms with E-state index in [1.54, 1.807) is 0 Å². The van der Waals surface area contributed by atoms with Crippen LogP contribution in [0.2, 0.25) is 0 Å². The van der Waals surface area contributed by atoms with E-state index in [1.807, 2.05) is 28.9 Å². The first-order valence-electron chi connectivity index (χ1n) is 8.52. The summed E-state index contributed by atoms with van der Waals surface area (Å²) >= 11 is 0. The van der Waals surface area contributed by atoms with Crippen LogP contribution in [0, 0.1) is 6.92 Å². The van der Waals surface area contributed by atoms with Crippen molar-refractivity contribution in [1.82, 2.24) is 24.9 Å². The standard InChI is InChI=1S/C16H27N5O2/c1-14-10-18-21(11-14)13-15-12-19(8-9-23-15)5-2-16(22)20-6-3-17-4-7-20/h10-11,15,17H,2-9,12-13H2,1H3. The summed E-state index contributed by atoms with van der Waals surface area (Å²) < 4.78 is 7.78. The first kappa shape index (κ1) is 16.4. The maximum absolute atomic E-state index is 12.2. The van der Waals surface area contributed by atoms with E-state index in [-0.39, 0.29) is 12.0 Å². The average Bonchev–Trinajstić information content (AvgIpc) is 2.99. The van der Waals surface area contributed by atoms with Gasteiger partial charge in [-0.05, 0) is 12.5 Å². The van der Waals surface area contributed by atoms with Gasteiger partial charge in [0.05, 0.1) is 25.5 Å². The molecule has 23 heavy (non-hydrogen) atoms. The van der Waals surface area contributed by atoms with Gasteiger partial charge >= 0.3 is 0 Å². The molecule has 2 fully saturated rings. The van der Waals surface area contributed by atoms with Gasteiger partial charge in [0.1, 0.15) is 0 Å². The van der Waals surface area contributed by atoms with Gasteiger partial charge in [-0.1, -0.05) is 0 Å². The van der Waals surface area contributed by atoms with E-state index in [0.717, 1.165) is 59.0 Å². The van der Waals surface area contributed by atoms with Gasteiger partial charge in [-0.25, -0.2) is 0 Å². The summed E-state index contributed by atoms with van der Waals surface area (Å²) in [7, 11) is 0. The number of amides is 1. The van der Waals surface area contributed by atoms with Crippen molar-refractivity contribution in [2.24, 2.45) is 0 Å². The van der Waals surface area contributed by atoms with Crippen LogP contribution in [-0.4, -0.2) is 84.0 Å². The van der Waals surface area contributed by atoms with Crippen LogP contribution in [0.25, 0.3) is 0 Å². The van der Waals surface area contributed by atoms with Crippen LogP contribution < -0.4 is 5.32 Å². The molecular weight excluding hydrogens is 294 g/mol. The van der Waals surface area contributed by atoms with Crippen LogP contribution in [0.1, 0.15) is 12.0 Å². The van der Waals surface area contributed by atoms with Crippen molar-refractivity contribution in [2.75, 3.05) is 52.4 Å². The monoisotopic (exact) mass is 321 g/mol. The third-order valence-corrected chi connectivity index (χ3v) is 4.49. The van der Waals surface area contributed by atoms with E-state index in [4.69, 9.17) is 4.74 Å². The number of aromatic nitrogens is 2. The molecule has 1 unspecified atom stereocenters. The molecule has 1 aromatic rings. The highest BCUT2D eigenvalue weighted by Gasteiger charge is 2.23. The molecule has 0 saturated carbocycles. The Hall–Kier alpha value is -1.44. The van der Waals surface area contributed by atoms with Crippen molar-refractivity contribution in [3.8, 4) is 0 Å². The van der Waals surface area contributed by atoms with E-state index >= 15 is 0 Å². The number of nitrogens with zero attached hydrogens (tertiary/aromatic N) is 4. The summed E-state index contributed by atoms with van der Waals surface area (Å²) in [6.45, 7) is 9.63. The van der Waals surface area contributed by atoms with E-state index in [9.17, 15) is 4.79 Å². The molecule has 3 heterocycles. The lowest BCUT2D eigenvalue weighted by Gasteiger charge is -2.33. The number of nitrogens with one attached hydrogen (secondary N) is 1. The Labute approximate surface area is 137 Å². The van der Waals surface area contributed by atoms with Crippen LogP contribution in [0.4, 0.5) is 0 Å². The summed E-state index contributed by atoms with van der Waals surface area (Å²) in [5.74, 6) is 0.275. The lowest BCUT2D eigenvalue weighted by molar-refractivity contribution is -0.132. The van der Waals surface area contributed by atoms with Gasteiger partial charge in [-0.15, -0.1) is 0 Å². The van der Waals surface area contributed by atoms with E-state index in [1.165, 1.54) is 5.56 Å². The van der Waals surface area contributed by atoms with Crippen molar-refractivity contribution in [2.45, 2.75) is 26.0 Å². The van der Waals surface area contributed by atoms with Gasteiger partial charge in [0.2, 0.25) is 5.91 Å². The molecule has 3 rings (SSSR count). The molecule has 1 aromatic heterocycles. The molecule has 2 aliphatic rings. The number of rotatable bonds is 5. The Morgan fingerprint density at radius 3 is 2.96 bits per heavy atom. The summed E-state index contributed by atoms with van der Waals surface area (Å²) in [6, 6.07) is 0. The van der Waals surface area contributed by atoms with Crippen molar-refractivity contribution in [3.63, 3.8) is 0 Å². The summed E-state index contributed by atoms with van der Waals surface area (Å²) in [5.41, 5.74) is 1.17. The minimum atomic E-state index is 0.150. The summed E-state index contributed by atoms with van der Waals surface area (Å²) in [6.07, 6.45) is 4.66. The van der Waals surface area contributed by atoms with Crippen LogP contribution in [-0.2, 0) is 16.1 Å². The fourth-order valence-corrected chi connectivity index (χ4v) is 3.20. The quantitative estimate of drug-likeness (QED) is 0.808. The number of piperazine rings is 1. The molecule has 1 amide bonds. The van der Waals surface area contributed by atoms with Crippen LogP contribution >= 0.6 is 0 Å². The molecular formula is C16H27N5O2. The van der Waals surface area contributed by atoms with Gasteiger partial charge in [-0.2, -0.15) is 5.10 Å². The molecule has 1 atom stereocenters. The van der Waals surface area contributed by atoms with Crippen molar-refractivity contribution >= 4 is 5.91 Å². The second kappa shape index (κ2) is 7.90. The highest BCUT2D eigenvalue weighted by molar-refractivity contribution is 5.76. The zero-order valence-corrected chi connectivity index (χ0v) is 13.9. The van der Waals surface area contributed by atoms with Crippen LogP contribution in [0.5, 0.6) is 0 Å². The van der Waals surface area contributed by atoms with Crippen LogP contribution in [0.3, 0.4) is 0 Å². The predicted molar refractivity (Wildman–Crippen MR) is 87.2 cm³/mol. The smallest absolute Gasteiger partial charge is 0.223 e. The number of hydrogen-bond acceptors (Lipinski definition) is 5. The molecule has 0 spiro atoms. The SMILES string of the molecule is Cc1cnn(CC2CN(CCC(=O)N3CCNCC3)CCO2)c1. The molecule has 2 aliphatic heterocycles. The minimum Gasteiger partial charge on any atom is -0.374 e. The Morgan fingerprint density at radius 1 is 1.39 bits per heavy atom. The Balaban J connectivity index is 1.42. The Morgan fingerprint density at radius 2 is 2.22 bits per heavy atom. The second-order valence-corrected chi connectivity index (χ2v) is 6.41. The van der Waals surface area contributed by atoms with Crippen molar-refractivity contribution in [3.05, 3.63) is 18.0 Å². The zero-order chi connectivity index (χ0) is 16.1. The topological polar surface area (TPSA) is 62.6 Å². The largest absolute Gasteiger partial charge is 0.374 e. The average molecular weight is 321 g/mol. The first-order valence-corrected chi connectivity index (χ1v) is 8.52. The van der Waals surface area contributed by atoms with Gasteiger partial charge in [-0.3, -0.25) is 14.4 Å². The highest BCUT2D eigenvalue weighted by atomic mass is 16.5. The second-order valence-electron chi connectivity index (χ2n) is 6.41. The molecule has 128 valence electrons. The molecule has 0 radical (unpaired) electrons. The lowest BCUT2D eigenvalue weighted by Crippen LogP contribution is -2.48. The number of ether oxygens (including phenoxy) is 1. The number of carbonyl (C=O) groups excluding carboxylic acids is 1. The number of hydrogen-bond donors (Lipinski definition) is 1. The molecule has 0 aromatic carbocycles. The van der Waals surface area contributed by atoms with Crippen molar-refractivity contribution < 1.29 is 9.53 Å². The molecule has 1 N–H and O–H groups in total. The molecule has 7 heteroatoms. The van der Waals surface area contributed by atoms with Crippen LogP contribution in [0.15, 0.2) is 12.4 Å². The maximum Gasteiger partial charge on any atom is 0.223 e. The van der Waals surface area contributed by atoms with E-state index in [0.29, 0.717) is 6.42 Å². The summed E-state index contributed by atoms with van der Waals surface area (Å²) in [4.78, 5) is 16.6. The number of carbonyl (C=O) groups is 1. The molecule has 2 saturated heterocycles. The third-order valence-electron chi connectivity index (χ3n) is 4.49. The fourth-order valence-electron chi connectivity index (χ4n) is 3.20. The lowest BCUT2D eigenvalue weighted by atomic mass is 10.2. The molecule has 7 nitrogen and oxygen atoms in total. The Kier molecular flexibility index (Phi) is 5.64. The van der Waals surface area contributed by atoms with Crippen molar-refractivity contribution in [1.29, 1.82) is 0 Å². The normalized spacial score (nSPS) is 23.2. The maximum atomic E-state index is 12.2. The van der Waals surface area contributed by atoms with Gasteiger partial charge < -0.3 is 15.0 Å². The van der Waals surface area contributed by atoms with Gasteiger partial charge in [0.25, 0.3) is 0 Å². The minimum absolute atomic E-state index is 0.150. The van der Waals surface area contributed by atoms with E-state index < -0.39 is 0 Å². The number of morpholine rings is 1. The highest BCUT2D eigenvalue weighted by Crippen LogP contribution is 2.09. The summed E-state index contributed by atoms with van der Waals surface area (Å²) in [5, 5.41) is 7.60. The van der Waals surface area contributed by atoms with Gasteiger partial charge in [0, 0.05) is 58.4 Å². The molecule has 0 aliphatic carbocycles. The van der Waals surface area contributed by atoms with Gasteiger partial charge in [0.15, 0.2) is 0 Å². The van der Waals surface area contributed by atoms with E-state index in [2.05, 4.69) is 15.3 Å². The predicted octanol–water partition coefficient (Wildman–Crippen LogP) is -0.286. The fraction of sp³-hybridized carbons (Fsp3) is 0.750. The molecule has 0 bridgehead atoms. The Bertz CT molecular complexity index is 512. The third kappa shape index (κ3) is 4.76. The first-order chi connectivity index (χ1) is 11.2. The number of aryl methyl sites for hydroxylation is 1. The zero-order valence-electron chi connectivity index (χ0n) is 13.9.